The molecule has 0 unspecified atom stereocenters. The van der Waals surface area contributed by atoms with Gasteiger partial charge in [-0.3, -0.25) is 14.5 Å². The van der Waals surface area contributed by atoms with Crippen LogP contribution in [0.5, 0.6) is 5.75 Å². The van der Waals surface area contributed by atoms with Gasteiger partial charge in [-0.25, -0.2) is 35.9 Å². The second-order valence-electron chi connectivity index (χ2n) is 19.4. The van der Waals surface area contributed by atoms with Gasteiger partial charge in [-0.1, -0.05) is 29.8 Å². The summed E-state index contributed by atoms with van der Waals surface area (Å²) in [5, 5.41) is 24.9. The van der Waals surface area contributed by atoms with Crippen molar-refractivity contribution in [3.63, 3.8) is 0 Å². The summed E-state index contributed by atoms with van der Waals surface area (Å²) in [5.41, 5.74) is 2.34. The summed E-state index contributed by atoms with van der Waals surface area (Å²) in [6, 6.07) is 19.4. The van der Waals surface area contributed by atoms with Gasteiger partial charge in [0.15, 0.2) is 0 Å². The number of fused-ring (bicyclic) bond motifs is 1. The zero-order chi connectivity index (χ0) is 52.7. The highest BCUT2D eigenvalue weighted by atomic mass is 35.5. The van der Waals surface area contributed by atoms with Gasteiger partial charge in [0.2, 0.25) is 31.9 Å². The molecule has 0 radical (unpaired) electrons. The van der Waals surface area contributed by atoms with Gasteiger partial charge >= 0.3 is 12.1 Å². The molecule has 3 heterocycles. The molecule has 3 atom stereocenters. The molecule has 3 fully saturated rings. The van der Waals surface area contributed by atoms with Crippen LogP contribution < -0.4 is 40.8 Å². The van der Waals surface area contributed by atoms with E-state index in [1.54, 1.807) is 58.3 Å². The van der Waals surface area contributed by atoms with E-state index in [1.807, 2.05) is 6.07 Å². The second kappa shape index (κ2) is 26.8. The number of piperazine rings is 1. The Hall–Kier alpha value is -5.54. The lowest BCUT2D eigenvalue weighted by molar-refractivity contribution is -0.133. The molecule has 3 aromatic carbocycles. The predicted molar refractivity (Wildman–Crippen MR) is 279 cm³/mol. The Labute approximate surface area is 440 Å². The van der Waals surface area contributed by atoms with E-state index < -0.39 is 26.2 Å². The van der Waals surface area contributed by atoms with E-state index in [0.717, 1.165) is 30.8 Å². The number of nitriles is 1. The Morgan fingerprint density at radius 1 is 0.703 bits per heavy atom. The first-order chi connectivity index (χ1) is 35.6. The number of nitrogens with zero attached hydrogens (tertiary/aromatic N) is 4. The molecular formula is C51H70ClN11O9S2. The molecule has 20 nitrogen and oxygen atoms in total. The third kappa shape index (κ3) is 16.0. The Bertz CT molecular complexity index is 2660. The first-order valence-electron chi connectivity index (χ1n) is 25.7. The fourth-order valence-electron chi connectivity index (χ4n) is 9.98. The predicted octanol–water partition coefficient (Wildman–Crippen LogP) is 3.73. The Kier molecular flexibility index (Phi) is 20.3. The fourth-order valence-corrected chi connectivity index (χ4v) is 12.8. The number of sulfonamides is 2. The average Bonchev–Trinajstić information content (AvgIpc) is 3.75. The minimum Gasteiger partial charge on any atom is -0.484 e. The third-order valence-corrected chi connectivity index (χ3v) is 17.3. The van der Waals surface area contributed by atoms with E-state index in [1.165, 1.54) is 12.1 Å². The monoisotopic (exact) mass is 1080 g/mol. The zero-order valence-electron chi connectivity index (χ0n) is 42.0. The number of piperidine rings is 2. The highest BCUT2D eigenvalue weighted by molar-refractivity contribution is 7.89. The maximum absolute atomic E-state index is 13.5. The van der Waals surface area contributed by atoms with Crippen molar-refractivity contribution in [1.29, 1.82) is 5.26 Å². The van der Waals surface area contributed by atoms with Crippen molar-refractivity contribution in [1.82, 2.24) is 50.7 Å². The molecule has 3 saturated heterocycles. The van der Waals surface area contributed by atoms with Crippen LogP contribution in [0.25, 0.3) is 0 Å². The molecule has 3 aliphatic heterocycles. The van der Waals surface area contributed by atoms with Crippen molar-refractivity contribution in [3.05, 3.63) is 88.4 Å². The van der Waals surface area contributed by atoms with E-state index in [9.17, 15) is 41.3 Å². The van der Waals surface area contributed by atoms with Crippen LogP contribution in [0.3, 0.4) is 0 Å². The Morgan fingerprint density at radius 2 is 1.20 bits per heavy atom. The SMILES string of the molecule is C[C@@H]1CN([C@H]2Cc3c(C#N)cc(Cl)cc3[C@@H]2Oc2ccc(S(=O)(=O)NC3CCN(C(=O)CCCNC(=O)NCCCCNC(=O)NCCCC(=O)N4CCC(NS(=O)(=O)c5ccccc5)CC4)CC3)cc2)CCN1. The van der Waals surface area contributed by atoms with E-state index in [-0.39, 0.29) is 64.6 Å². The van der Waals surface area contributed by atoms with Gasteiger partial charge in [0.25, 0.3) is 0 Å². The zero-order valence-corrected chi connectivity index (χ0v) is 44.3. The van der Waals surface area contributed by atoms with Gasteiger partial charge in [-0.05, 0) is 124 Å². The molecule has 4 aliphatic rings. The van der Waals surface area contributed by atoms with Crippen LogP contribution >= 0.6 is 11.6 Å². The summed E-state index contributed by atoms with van der Waals surface area (Å²) in [5.74, 6) is 0.420. The third-order valence-electron chi connectivity index (χ3n) is 14.0. The average molecular weight is 1080 g/mol. The van der Waals surface area contributed by atoms with Gasteiger partial charge < -0.3 is 41.1 Å². The van der Waals surface area contributed by atoms with E-state index in [0.29, 0.717) is 133 Å². The minimum absolute atomic E-state index is 0.0234. The van der Waals surface area contributed by atoms with Crippen molar-refractivity contribution in [2.75, 3.05) is 72.0 Å². The molecule has 0 bridgehead atoms. The van der Waals surface area contributed by atoms with Crippen molar-refractivity contribution in [2.24, 2.45) is 0 Å². The molecule has 3 aromatic rings. The molecule has 7 N–H and O–H groups in total. The number of carbonyl (C=O) groups is 4. The van der Waals surface area contributed by atoms with Crippen LogP contribution in [0.4, 0.5) is 9.59 Å². The standard InChI is InChI=1S/C51H70ClN11O9S2/c1-36-35-63(30-25-54-36)46-33-44-37(34-53)31-38(52)32-45(44)49(46)72-41-13-15-43(16-14-41)74(70,71)60-40-19-28-62(29-20-40)48(65)12-8-24-58-51(67)56-22-6-5-21-55-50(66)57-23-7-11-47(64)61-26-17-39(18-27-61)59-73(68,69)42-9-3-2-4-10-42/h2-4,9-10,13-16,31-32,36,39-40,46,49,54,59-60H,5-8,11-12,17-30,33,35H2,1H3,(H2,55,57,66)(H2,56,58,67)/t36-,46+,49+/m1/s1. The first-order valence-corrected chi connectivity index (χ1v) is 29.1. The topological polar surface area (TPSA) is 264 Å². The molecule has 7 rings (SSSR count). The lowest BCUT2D eigenvalue weighted by Gasteiger charge is -2.38. The van der Waals surface area contributed by atoms with Crippen LogP contribution in [0.15, 0.2) is 76.5 Å². The molecule has 74 heavy (non-hydrogen) atoms. The number of halogens is 1. The molecule has 0 saturated carbocycles. The summed E-state index contributed by atoms with van der Waals surface area (Å²) < 4.78 is 64.3. The molecule has 6 amide bonds. The summed E-state index contributed by atoms with van der Waals surface area (Å²) >= 11 is 6.45. The van der Waals surface area contributed by atoms with E-state index >= 15 is 0 Å². The number of hydrogen-bond acceptors (Lipinski definition) is 12. The lowest BCUT2D eigenvalue weighted by atomic mass is 10.0. The number of nitrogens with one attached hydrogen (secondary N) is 7. The molecule has 402 valence electrons. The number of ether oxygens (including phenoxy) is 1. The van der Waals surface area contributed by atoms with E-state index in [2.05, 4.69) is 53.9 Å². The molecule has 0 aromatic heterocycles. The van der Waals surface area contributed by atoms with Crippen LogP contribution in [0.2, 0.25) is 5.02 Å². The minimum atomic E-state index is -3.86. The lowest BCUT2D eigenvalue weighted by Crippen LogP contribution is -2.54. The van der Waals surface area contributed by atoms with Crippen molar-refractivity contribution >= 4 is 55.5 Å². The van der Waals surface area contributed by atoms with Crippen LogP contribution in [0, 0.1) is 11.3 Å². The fraction of sp³-hybridized carbons (Fsp3) is 0.549. The summed E-state index contributed by atoms with van der Waals surface area (Å²) in [6.07, 6.45) is 4.93. The van der Waals surface area contributed by atoms with Gasteiger partial charge in [-0.2, -0.15) is 5.26 Å². The molecule has 23 heteroatoms. The maximum atomic E-state index is 13.5. The van der Waals surface area contributed by atoms with Gasteiger partial charge in [0.05, 0.1) is 27.5 Å². The summed E-state index contributed by atoms with van der Waals surface area (Å²) in [6.45, 7) is 7.82. The van der Waals surface area contributed by atoms with Crippen LogP contribution in [-0.2, 0) is 36.1 Å². The number of benzene rings is 3. The number of carbonyl (C=O) groups excluding carboxylic acids is 4. The van der Waals surface area contributed by atoms with E-state index in [4.69, 9.17) is 16.3 Å². The number of unbranched alkanes of at least 4 members (excludes halogenated alkanes) is 1. The quantitative estimate of drug-likeness (QED) is 0.0711. The number of rotatable bonds is 22. The number of hydrogen-bond donors (Lipinski definition) is 7. The summed E-state index contributed by atoms with van der Waals surface area (Å²) in [4.78, 5) is 56.3. The Balaban J connectivity index is 0.701. The molecule has 0 spiro atoms. The van der Waals surface area contributed by atoms with Crippen molar-refractivity contribution in [3.8, 4) is 11.8 Å². The van der Waals surface area contributed by atoms with Crippen molar-refractivity contribution < 1.29 is 40.8 Å². The summed E-state index contributed by atoms with van der Waals surface area (Å²) in [7, 11) is -7.47. The number of amides is 6. The van der Waals surface area contributed by atoms with Crippen molar-refractivity contribution in [2.45, 2.75) is 118 Å². The smallest absolute Gasteiger partial charge is 0.314 e. The van der Waals surface area contributed by atoms with Gasteiger partial charge in [0, 0.05) is 108 Å². The molecule has 1 aliphatic carbocycles. The number of likely N-dealkylation sites (tertiary alicyclic amines) is 2. The highest BCUT2D eigenvalue weighted by Gasteiger charge is 2.41. The number of urea groups is 2. The largest absolute Gasteiger partial charge is 0.484 e. The van der Waals surface area contributed by atoms with Gasteiger partial charge in [-0.15, -0.1) is 0 Å². The second-order valence-corrected chi connectivity index (χ2v) is 23.3. The maximum Gasteiger partial charge on any atom is 0.314 e. The Morgan fingerprint density at radius 3 is 1.70 bits per heavy atom. The molecular weight excluding hydrogens is 1010 g/mol. The van der Waals surface area contributed by atoms with Crippen LogP contribution in [0.1, 0.15) is 93.9 Å². The highest BCUT2D eigenvalue weighted by Crippen LogP contribution is 2.41. The van der Waals surface area contributed by atoms with Gasteiger partial charge in [0.1, 0.15) is 11.9 Å². The van der Waals surface area contributed by atoms with Crippen LogP contribution in [-0.4, -0.2) is 152 Å². The normalized spacial score (nSPS) is 19.8. The first kappa shape index (κ1) is 56.2.